The molecule has 0 heterocycles. The second-order valence-corrected chi connectivity index (χ2v) is 10.7. The Morgan fingerprint density at radius 2 is 1.44 bits per heavy atom. The van der Waals surface area contributed by atoms with Crippen molar-refractivity contribution in [3.8, 4) is 11.5 Å². The van der Waals surface area contributed by atoms with Crippen LogP contribution in [0.3, 0.4) is 0 Å². The predicted molar refractivity (Wildman–Crippen MR) is 156 cm³/mol. The molecule has 8 nitrogen and oxygen atoms in total. The average molecular weight is 632 g/mol. The van der Waals surface area contributed by atoms with Crippen molar-refractivity contribution in [2.24, 2.45) is 0 Å². The summed E-state index contributed by atoms with van der Waals surface area (Å²) in [4.78, 5) is 38.6. The summed E-state index contributed by atoms with van der Waals surface area (Å²) >= 11 is 25.5. The molecule has 0 aliphatic heterocycles. The molecule has 0 aliphatic carbocycles. The summed E-state index contributed by atoms with van der Waals surface area (Å²) < 4.78 is 10.5. The van der Waals surface area contributed by atoms with Crippen LogP contribution in [0.2, 0.25) is 20.1 Å². The molecule has 206 valence electrons. The highest BCUT2D eigenvalue weighted by atomic mass is 35.5. The van der Waals surface area contributed by atoms with Crippen LogP contribution in [-0.2, 0) is 4.79 Å². The number of carbonyl (C=O) groups is 3. The van der Waals surface area contributed by atoms with Gasteiger partial charge in [-0.2, -0.15) is 0 Å². The fourth-order valence-corrected chi connectivity index (χ4v) is 5.51. The molecule has 2 amide bonds. The lowest BCUT2D eigenvalue weighted by Gasteiger charge is -2.17. The van der Waals surface area contributed by atoms with E-state index in [-0.39, 0.29) is 21.0 Å². The Hall–Kier alpha value is -2.82. The van der Waals surface area contributed by atoms with Gasteiger partial charge < -0.3 is 25.2 Å². The molecule has 3 aromatic rings. The molecule has 39 heavy (non-hydrogen) atoms. The predicted octanol–water partition coefficient (Wildman–Crippen LogP) is 7.78. The molecule has 0 aromatic heterocycles. The van der Waals surface area contributed by atoms with E-state index in [1.165, 1.54) is 26.0 Å². The molecular formula is C26H22Cl4N2O6S. The number of thioether (sulfide) groups is 1. The highest BCUT2D eigenvalue weighted by Crippen LogP contribution is 2.42. The van der Waals surface area contributed by atoms with Gasteiger partial charge in [-0.15, -0.1) is 11.8 Å². The smallest absolute Gasteiger partial charge is 0.338 e. The quantitative estimate of drug-likeness (QED) is 0.119. The van der Waals surface area contributed by atoms with E-state index in [1.807, 2.05) is 6.92 Å². The summed E-state index contributed by atoms with van der Waals surface area (Å²) in [6, 6.07) is 11.7. The van der Waals surface area contributed by atoms with Crippen LogP contribution in [0.25, 0.3) is 0 Å². The van der Waals surface area contributed by atoms with Crippen LogP contribution in [0.1, 0.15) is 34.1 Å². The number of methoxy groups -OCH3 is 2. The number of hydrogen-bond acceptors (Lipinski definition) is 6. The van der Waals surface area contributed by atoms with E-state index < -0.39 is 33.3 Å². The number of carboxylic acid groups (broad SMARTS) is 1. The van der Waals surface area contributed by atoms with Crippen LogP contribution >= 0.6 is 58.2 Å². The van der Waals surface area contributed by atoms with E-state index in [0.717, 1.165) is 0 Å². The molecule has 0 saturated carbocycles. The number of aromatic carboxylic acids is 1. The normalized spacial score (nSPS) is 11.5. The van der Waals surface area contributed by atoms with Crippen LogP contribution in [-0.4, -0.2) is 42.4 Å². The Bertz CT molecular complexity index is 1410. The molecule has 0 spiro atoms. The molecule has 3 N–H and O–H groups in total. The Balaban J connectivity index is 1.81. The van der Waals surface area contributed by atoms with Crippen molar-refractivity contribution in [3.05, 3.63) is 73.7 Å². The maximum absolute atomic E-state index is 13.1. The van der Waals surface area contributed by atoms with Gasteiger partial charge in [0.1, 0.15) is 11.5 Å². The van der Waals surface area contributed by atoms with Crippen LogP contribution in [0.4, 0.5) is 11.4 Å². The molecule has 1 atom stereocenters. The van der Waals surface area contributed by atoms with Gasteiger partial charge >= 0.3 is 5.97 Å². The lowest BCUT2D eigenvalue weighted by molar-refractivity contribution is -0.115. The second kappa shape index (κ2) is 13.5. The van der Waals surface area contributed by atoms with E-state index >= 15 is 0 Å². The summed E-state index contributed by atoms with van der Waals surface area (Å²) in [5.74, 6) is -1.53. The number of anilines is 2. The van der Waals surface area contributed by atoms with Crippen molar-refractivity contribution in [2.75, 3.05) is 24.9 Å². The zero-order valence-electron chi connectivity index (χ0n) is 20.7. The minimum Gasteiger partial charge on any atom is -0.497 e. The van der Waals surface area contributed by atoms with E-state index in [9.17, 15) is 19.5 Å². The van der Waals surface area contributed by atoms with Gasteiger partial charge in [0.25, 0.3) is 5.91 Å². The Morgan fingerprint density at radius 1 is 0.846 bits per heavy atom. The minimum atomic E-state index is -1.50. The van der Waals surface area contributed by atoms with Gasteiger partial charge in [0.05, 0.1) is 50.7 Å². The number of ether oxygens (including phenoxy) is 2. The maximum atomic E-state index is 13.1. The number of benzene rings is 3. The van der Waals surface area contributed by atoms with Gasteiger partial charge in [0.2, 0.25) is 5.91 Å². The Labute approximate surface area is 248 Å². The first kappa shape index (κ1) is 30.7. The van der Waals surface area contributed by atoms with Crippen molar-refractivity contribution in [1.29, 1.82) is 0 Å². The number of carbonyl (C=O) groups excluding carboxylic acids is 2. The summed E-state index contributed by atoms with van der Waals surface area (Å²) in [6.45, 7) is 1.87. The summed E-state index contributed by atoms with van der Waals surface area (Å²) in [5, 5.41) is 13.3. The average Bonchev–Trinajstić information content (AvgIpc) is 2.91. The third-order valence-electron chi connectivity index (χ3n) is 5.36. The fourth-order valence-electron chi connectivity index (χ4n) is 3.48. The Morgan fingerprint density at radius 3 is 1.97 bits per heavy atom. The first-order valence-corrected chi connectivity index (χ1v) is 13.6. The van der Waals surface area contributed by atoms with Crippen LogP contribution in [0, 0.1) is 0 Å². The molecule has 3 aromatic carbocycles. The van der Waals surface area contributed by atoms with Crippen LogP contribution in [0.15, 0.2) is 47.4 Å². The van der Waals surface area contributed by atoms with Crippen molar-refractivity contribution < 1.29 is 29.0 Å². The topological polar surface area (TPSA) is 114 Å². The fraction of sp³-hybridized carbons (Fsp3) is 0.192. The Kier molecular flexibility index (Phi) is 10.6. The zero-order chi connectivity index (χ0) is 28.9. The molecule has 0 radical (unpaired) electrons. The zero-order valence-corrected chi connectivity index (χ0v) is 24.6. The molecule has 13 heteroatoms. The first-order chi connectivity index (χ1) is 18.5. The molecule has 3 rings (SSSR count). The number of nitrogens with one attached hydrogen (secondary N) is 2. The van der Waals surface area contributed by atoms with Crippen molar-refractivity contribution >= 4 is 87.3 Å². The van der Waals surface area contributed by atoms with Gasteiger partial charge in [0.15, 0.2) is 0 Å². The summed E-state index contributed by atoms with van der Waals surface area (Å²) in [7, 11) is 3.03. The van der Waals surface area contributed by atoms with Gasteiger partial charge in [-0.25, -0.2) is 4.79 Å². The molecular weight excluding hydrogens is 610 g/mol. The van der Waals surface area contributed by atoms with E-state index in [1.54, 1.807) is 42.5 Å². The van der Waals surface area contributed by atoms with Gasteiger partial charge in [0, 0.05) is 34.5 Å². The number of rotatable bonds is 10. The van der Waals surface area contributed by atoms with Crippen LogP contribution in [0.5, 0.6) is 11.5 Å². The lowest BCUT2D eigenvalue weighted by Crippen LogP contribution is -2.24. The standard InChI is InChI=1S/C26H22Cl4N2O6S/c1-4-17(24(33)32-13-8-14(37-2)11-15(9-13)38-3)39-16-7-5-6-12(10-16)31-25(34)18-19(26(35)36)21(28)23(30)22(29)20(18)27/h5-11,17H,4H2,1-3H3,(H,31,34)(H,32,33)(H,35,36). The van der Waals surface area contributed by atoms with Gasteiger partial charge in [-0.3, -0.25) is 9.59 Å². The highest BCUT2D eigenvalue weighted by molar-refractivity contribution is 8.00. The minimum absolute atomic E-state index is 0.240. The monoisotopic (exact) mass is 630 g/mol. The molecule has 1 unspecified atom stereocenters. The van der Waals surface area contributed by atoms with Crippen molar-refractivity contribution in [3.63, 3.8) is 0 Å². The maximum Gasteiger partial charge on any atom is 0.338 e. The van der Waals surface area contributed by atoms with E-state index in [2.05, 4.69) is 10.6 Å². The number of amides is 2. The van der Waals surface area contributed by atoms with Crippen molar-refractivity contribution in [1.82, 2.24) is 0 Å². The first-order valence-electron chi connectivity index (χ1n) is 11.2. The lowest BCUT2D eigenvalue weighted by atomic mass is 10.1. The number of halogens is 4. The van der Waals surface area contributed by atoms with E-state index in [0.29, 0.717) is 34.2 Å². The SMILES string of the molecule is CCC(Sc1cccc(NC(=O)c2c(Cl)c(Cl)c(Cl)c(Cl)c2C(=O)O)c1)C(=O)Nc1cc(OC)cc(OC)c1. The van der Waals surface area contributed by atoms with Crippen molar-refractivity contribution in [2.45, 2.75) is 23.5 Å². The molecule has 0 saturated heterocycles. The van der Waals surface area contributed by atoms with Crippen LogP contribution < -0.4 is 20.1 Å². The second-order valence-electron chi connectivity index (χ2n) is 7.90. The summed E-state index contributed by atoms with van der Waals surface area (Å²) in [5.41, 5.74) is -0.160. The number of carboxylic acids is 1. The largest absolute Gasteiger partial charge is 0.497 e. The molecule has 0 fully saturated rings. The number of hydrogen-bond donors (Lipinski definition) is 3. The molecule has 0 bridgehead atoms. The summed E-state index contributed by atoms with van der Waals surface area (Å²) in [6.07, 6.45) is 0.507. The van der Waals surface area contributed by atoms with E-state index in [4.69, 9.17) is 55.9 Å². The van der Waals surface area contributed by atoms with Gasteiger partial charge in [-0.1, -0.05) is 59.4 Å². The third kappa shape index (κ3) is 7.23. The third-order valence-corrected chi connectivity index (χ3v) is 8.52. The highest BCUT2D eigenvalue weighted by Gasteiger charge is 2.29. The van der Waals surface area contributed by atoms with Gasteiger partial charge in [-0.05, 0) is 24.6 Å². The molecule has 0 aliphatic rings.